The summed E-state index contributed by atoms with van der Waals surface area (Å²) >= 11 is -4.67. The lowest BCUT2D eigenvalue weighted by atomic mass is 10.3. The van der Waals surface area contributed by atoms with E-state index in [0.717, 1.165) is 6.54 Å². The largest absolute Gasteiger partial charge is 0.337 e. The van der Waals surface area contributed by atoms with E-state index in [4.69, 9.17) is 0 Å². The van der Waals surface area contributed by atoms with Crippen molar-refractivity contribution in [1.82, 2.24) is 9.55 Å². The zero-order valence-electron chi connectivity index (χ0n) is 8.29. The normalized spacial score (nSPS) is 11.8. The molecule has 1 aromatic rings. The highest BCUT2D eigenvalue weighted by molar-refractivity contribution is 8.20. The molecule has 0 aromatic carbocycles. The number of imidazole rings is 1. The molecule has 2 nitrogen and oxygen atoms in total. The summed E-state index contributed by atoms with van der Waals surface area (Å²) in [5.74, 6) is 0. The Bertz CT molecular complexity index is 215. The lowest BCUT2D eigenvalue weighted by molar-refractivity contribution is 0.631. The van der Waals surface area contributed by atoms with Gasteiger partial charge in [0.05, 0.1) is 6.33 Å². The average Bonchev–Trinajstić information content (AvgIpc) is 2.49. The predicted octanol–water partition coefficient (Wildman–Crippen LogP) is 3.76. The maximum atomic E-state index is 10.4. The Kier molecular flexibility index (Phi) is 6.44. The molecule has 0 spiro atoms. The van der Waals surface area contributed by atoms with Crippen molar-refractivity contribution in [2.75, 3.05) is 6.26 Å². The molecule has 1 rings (SSSR count). The van der Waals surface area contributed by atoms with Crippen LogP contribution in [0.1, 0.15) is 19.8 Å². The second-order valence-electron chi connectivity index (χ2n) is 2.79. The molecule has 6 heteroatoms. The summed E-state index contributed by atoms with van der Waals surface area (Å²) < 4.78 is 33.4. The summed E-state index contributed by atoms with van der Waals surface area (Å²) in [5, 5.41) is 0. The van der Waals surface area contributed by atoms with E-state index in [-0.39, 0.29) is 6.26 Å². The molecule has 0 aliphatic carbocycles. The number of aryl methyl sites for hydroxylation is 1. The van der Waals surface area contributed by atoms with Gasteiger partial charge in [0.15, 0.2) is 0 Å². The number of unbranched alkanes of at least 4 members (excludes halogenated alkanes) is 1. The Morgan fingerprint density at radius 3 is 2.29 bits per heavy atom. The highest BCUT2D eigenvalue weighted by Crippen LogP contribution is 2.48. The van der Waals surface area contributed by atoms with E-state index < -0.39 is 11.2 Å². The quantitative estimate of drug-likeness (QED) is 0.770. The van der Waals surface area contributed by atoms with Crippen LogP contribution in [0, 0.1) is 0 Å². The standard InChI is InChI=1S/C7H12N2.CH3F3S/c1-2-3-5-9-6-4-8-7-9;1-5(2,3)4/h4,6-7H,2-3,5H2,1H3;1H3. The molecule has 1 heterocycles. The van der Waals surface area contributed by atoms with Gasteiger partial charge < -0.3 is 4.57 Å². The Labute approximate surface area is 84.3 Å². The van der Waals surface area contributed by atoms with Crippen molar-refractivity contribution in [1.29, 1.82) is 0 Å². The van der Waals surface area contributed by atoms with Crippen molar-refractivity contribution in [3.63, 3.8) is 0 Å². The van der Waals surface area contributed by atoms with Gasteiger partial charge in [-0.1, -0.05) is 13.3 Å². The molecule has 0 radical (unpaired) electrons. The van der Waals surface area contributed by atoms with Crippen LogP contribution in [0.4, 0.5) is 11.7 Å². The number of aromatic nitrogens is 2. The molecule has 0 saturated heterocycles. The van der Waals surface area contributed by atoms with Gasteiger partial charge in [-0.05, 0) is 6.42 Å². The molecule has 84 valence electrons. The Morgan fingerprint density at radius 2 is 1.93 bits per heavy atom. The smallest absolute Gasteiger partial charge is 0.206 e. The topological polar surface area (TPSA) is 17.8 Å². The van der Waals surface area contributed by atoms with Gasteiger partial charge in [-0.3, -0.25) is 0 Å². The summed E-state index contributed by atoms with van der Waals surface area (Å²) in [5.41, 5.74) is 0. The van der Waals surface area contributed by atoms with Crippen molar-refractivity contribution in [3.8, 4) is 0 Å². The third-order valence-corrected chi connectivity index (χ3v) is 1.33. The Morgan fingerprint density at radius 1 is 1.36 bits per heavy atom. The fourth-order valence-electron chi connectivity index (χ4n) is 0.760. The third-order valence-electron chi connectivity index (χ3n) is 1.33. The van der Waals surface area contributed by atoms with Gasteiger partial charge >= 0.3 is 0 Å². The van der Waals surface area contributed by atoms with Crippen molar-refractivity contribution in [3.05, 3.63) is 18.7 Å². The number of nitrogens with zero attached hydrogens (tertiary/aromatic N) is 2. The number of halogens is 3. The molecular weight excluding hydrogens is 213 g/mol. The Hall–Kier alpha value is -0.650. The molecular formula is C8H15F3N2S. The fourth-order valence-corrected chi connectivity index (χ4v) is 0.760. The van der Waals surface area contributed by atoms with E-state index >= 15 is 0 Å². The SMILES string of the molecule is CCCCn1ccnc1.CS(F)(F)F. The zero-order valence-corrected chi connectivity index (χ0v) is 9.11. The van der Waals surface area contributed by atoms with Crippen LogP contribution in [-0.2, 0) is 6.54 Å². The fraction of sp³-hybridized carbons (Fsp3) is 0.625. The maximum absolute atomic E-state index is 10.4. The lowest BCUT2D eigenvalue weighted by Gasteiger charge is -1.96. The van der Waals surface area contributed by atoms with Crippen LogP contribution in [0.5, 0.6) is 0 Å². The highest BCUT2D eigenvalue weighted by Gasteiger charge is 2.07. The Balaban J connectivity index is 0.000000292. The van der Waals surface area contributed by atoms with Crippen LogP contribution in [0.25, 0.3) is 0 Å². The van der Waals surface area contributed by atoms with Gasteiger partial charge in [-0.2, -0.15) is 0 Å². The number of rotatable bonds is 3. The molecule has 0 fully saturated rings. The van der Waals surface area contributed by atoms with Crippen LogP contribution in [0.2, 0.25) is 0 Å². The molecule has 0 unspecified atom stereocenters. The first kappa shape index (κ1) is 13.4. The summed E-state index contributed by atoms with van der Waals surface area (Å²) in [6, 6.07) is 0. The van der Waals surface area contributed by atoms with E-state index in [9.17, 15) is 11.7 Å². The summed E-state index contributed by atoms with van der Waals surface area (Å²) in [4.78, 5) is 3.94. The first-order chi connectivity index (χ1) is 6.43. The van der Waals surface area contributed by atoms with Gasteiger partial charge in [0.2, 0.25) is 11.2 Å². The van der Waals surface area contributed by atoms with Gasteiger partial charge in [0, 0.05) is 25.2 Å². The molecule has 1 aromatic heterocycles. The van der Waals surface area contributed by atoms with Crippen LogP contribution in [0.3, 0.4) is 0 Å². The van der Waals surface area contributed by atoms with Crippen LogP contribution in [-0.4, -0.2) is 15.8 Å². The van der Waals surface area contributed by atoms with Crippen LogP contribution >= 0.6 is 11.2 Å². The monoisotopic (exact) mass is 228 g/mol. The first-order valence-corrected chi connectivity index (χ1v) is 6.00. The minimum atomic E-state index is -4.67. The number of hydrogen-bond donors (Lipinski definition) is 0. The molecule has 0 amide bonds. The van der Waals surface area contributed by atoms with Crippen molar-refractivity contribution in [2.24, 2.45) is 0 Å². The third kappa shape index (κ3) is 11.4. The highest BCUT2D eigenvalue weighted by atomic mass is 32.3. The second kappa shape index (κ2) is 6.75. The van der Waals surface area contributed by atoms with E-state index in [1.807, 2.05) is 18.7 Å². The van der Waals surface area contributed by atoms with E-state index in [1.54, 1.807) is 0 Å². The average molecular weight is 228 g/mol. The molecule has 0 bridgehead atoms. The van der Waals surface area contributed by atoms with Crippen LogP contribution < -0.4 is 0 Å². The molecule has 0 aliphatic heterocycles. The van der Waals surface area contributed by atoms with Gasteiger partial charge in [0.25, 0.3) is 0 Å². The molecule has 0 atom stereocenters. The predicted molar refractivity (Wildman–Crippen MR) is 54.0 cm³/mol. The van der Waals surface area contributed by atoms with E-state index in [1.165, 1.54) is 12.8 Å². The van der Waals surface area contributed by atoms with Crippen molar-refractivity contribution >= 4 is 11.2 Å². The van der Waals surface area contributed by atoms with Crippen molar-refractivity contribution < 1.29 is 11.7 Å². The summed E-state index contributed by atoms with van der Waals surface area (Å²) in [6.45, 7) is 3.30. The summed E-state index contributed by atoms with van der Waals surface area (Å²) in [6.07, 6.45) is 8.43. The molecule has 14 heavy (non-hydrogen) atoms. The van der Waals surface area contributed by atoms with E-state index in [2.05, 4.69) is 16.5 Å². The maximum Gasteiger partial charge on any atom is 0.206 e. The van der Waals surface area contributed by atoms with Crippen molar-refractivity contribution in [2.45, 2.75) is 26.3 Å². The van der Waals surface area contributed by atoms with E-state index in [0.29, 0.717) is 0 Å². The number of hydrogen-bond acceptors (Lipinski definition) is 1. The zero-order chi connectivity index (χ0) is 11.0. The van der Waals surface area contributed by atoms with Gasteiger partial charge in [-0.25, -0.2) is 4.98 Å². The summed E-state index contributed by atoms with van der Waals surface area (Å²) in [7, 11) is 0. The molecule has 0 N–H and O–H groups in total. The second-order valence-corrected chi connectivity index (χ2v) is 4.07. The van der Waals surface area contributed by atoms with Gasteiger partial charge in [0.1, 0.15) is 0 Å². The first-order valence-electron chi connectivity index (χ1n) is 4.26. The van der Waals surface area contributed by atoms with Gasteiger partial charge in [-0.15, -0.1) is 11.7 Å². The van der Waals surface area contributed by atoms with Crippen LogP contribution in [0.15, 0.2) is 18.7 Å². The minimum Gasteiger partial charge on any atom is -0.337 e. The minimum absolute atomic E-state index is 0.271. The molecule has 0 aliphatic rings. The molecule has 0 saturated carbocycles. The lowest BCUT2D eigenvalue weighted by Crippen LogP contribution is -1.92.